The number of nitrogens with zero attached hydrogens (tertiary/aromatic N) is 1. The van der Waals surface area contributed by atoms with E-state index in [9.17, 15) is 13.2 Å². The third kappa shape index (κ3) is 6.96. The van der Waals surface area contributed by atoms with E-state index in [0.717, 1.165) is 46.4 Å². The number of ether oxygens (including phenoxy) is 1. The molecule has 0 atom stereocenters. The van der Waals surface area contributed by atoms with E-state index in [1.165, 1.54) is 11.1 Å². The molecule has 0 aliphatic carbocycles. The molecule has 208 valence electrons. The molecule has 1 heterocycles. The Morgan fingerprint density at radius 1 is 0.897 bits per heavy atom. The average molecular weight is 549 g/mol. The molecule has 3 aromatic carbocycles. The topological polar surface area (TPSA) is 75.7 Å². The highest BCUT2D eigenvalue weighted by atomic mass is 32.2. The highest BCUT2D eigenvalue weighted by Gasteiger charge is 2.23. The molecule has 1 aliphatic rings. The van der Waals surface area contributed by atoms with Gasteiger partial charge in [0.1, 0.15) is 0 Å². The summed E-state index contributed by atoms with van der Waals surface area (Å²) in [6.45, 7) is 10.5. The van der Waals surface area contributed by atoms with E-state index < -0.39 is 15.9 Å². The molecule has 0 saturated heterocycles. The molecular weight excluding hydrogens is 508 g/mol. The SMILES string of the molecule is CC(C)c1cc(-c2ccc3c(c2)CCOC3)cc(C(C)C)c1CC(=O)NS(=O)(=O)c1ccc(CN(C)C)cc1. The number of hydrogen-bond acceptors (Lipinski definition) is 5. The number of fused-ring (bicyclic) bond motifs is 1. The molecule has 4 rings (SSSR count). The van der Waals surface area contributed by atoms with Crippen LogP contribution in [0.25, 0.3) is 11.1 Å². The summed E-state index contributed by atoms with van der Waals surface area (Å²) in [5.41, 5.74) is 8.86. The minimum atomic E-state index is -3.97. The molecule has 0 saturated carbocycles. The summed E-state index contributed by atoms with van der Waals surface area (Å²) in [6, 6.07) is 17.5. The van der Waals surface area contributed by atoms with Gasteiger partial charge in [-0.2, -0.15) is 0 Å². The summed E-state index contributed by atoms with van der Waals surface area (Å²) in [6.07, 6.45) is 0.906. The molecule has 39 heavy (non-hydrogen) atoms. The minimum absolute atomic E-state index is 0.000770. The van der Waals surface area contributed by atoms with Crippen LogP contribution in [0.15, 0.2) is 59.5 Å². The predicted octanol–water partition coefficient (Wildman–Crippen LogP) is 5.78. The monoisotopic (exact) mass is 548 g/mol. The first-order valence-electron chi connectivity index (χ1n) is 13.6. The Bertz CT molecular complexity index is 1410. The van der Waals surface area contributed by atoms with Crippen LogP contribution in [0.2, 0.25) is 0 Å². The van der Waals surface area contributed by atoms with Crippen molar-refractivity contribution in [3.05, 3.63) is 88.0 Å². The van der Waals surface area contributed by atoms with Crippen LogP contribution in [0.1, 0.15) is 72.9 Å². The molecule has 6 nitrogen and oxygen atoms in total. The number of carbonyl (C=O) groups is 1. The van der Waals surface area contributed by atoms with Crippen LogP contribution in [0.3, 0.4) is 0 Å². The van der Waals surface area contributed by atoms with Crippen molar-refractivity contribution < 1.29 is 17.9 Å². The van der Waals surface area contributed by atoms with Crippen LogP contribution < -0.4 is 4.72 Å². The van der Waals surface area contributed by atoms with Gasteiger partial charge in [0.15, 0.2) is 0 Å². The van der Waals surface area contributed by atoms with Gasteiger partial charge in [-0.15, -0.1) is 0 Å². The van der Waals surface area contributed by atoms with E-state index in [1.54, 1.807) is 24.3 Å². The molecule has 3 aromatic rings. The number of nitrogens with one attached hydrogen (secondary N) is 1. The molecule has 0 bridgehead atoms. The van der Waals surface area contributed by atoms with E-state index in [4.69, 9.17) is 4.74 Å². The van der Waals surface area contributed by atoms with E-state index in [1.807, 2.05) is 19.0 Å². The van der Waals surface area contributed by atoms with Crippen molar-refractivity contribution in [3.63, 3.8) is 0 Å². The van der Waals surface area contributed by atoms with Crippen LogP contribution >= 0.6 is 0 Å². The van der Waals surface area contributed by atoms with E-state index in [2.05, 4.69) is 62.7 Å². The van der Waals surface area contributed by atoms with Gasteiger partial charge in [0, 0.05) is 6.54 Å². The Morgan fingerprint density at radius 2 is 1.54 bits per heavy atom. The second-order valence-electron chi connectivity index (χ2n) is 11.3. The summed E-state index contributed by atoms with van der Waals surface area (Å²) in [5, 5.41) is 0. The minimum Gasteiger partial charge on any atom is -0.376 e. The number of sulfonamides is 1. The highest BCUT2D eigenvalue weighted by Crippen LogP contribution is 2.35. The first-order chi connectivity index (χ1) is 18.4. The van der Waals surface area contributed by atoms with Crippen LogP contribution in [0.5, 0.6) is 0 Å². The van der Waals surface area contributed by atoms with Gasteiger partial charge < -0.3 is 9.64 Å². The molecule has 0 aromatic heterocycles. The summed E-state index contributed by atoms with van der Waals surface area (Å²) < 4.78 is 33.9. The Kier molecular flexibility index (Phi) is 8.94. The maximum absolute atomic E-state index is 13.2. The largest absolute Gasteiger partial charge is 0.376 e. The van der Waals surface area contributed by atoms with Crippen LogP contribution in [0, 0.1) is 0 Å². The highest BCUT2D eigenvalue weighted by molar-refractivity contribution is 7.90. The van der Waals surface area contributed by atoms with Gasteiger partial charge in [0.25, 0.3) is 10.0 Å². The normalized spacial score (nSPS) is 13.7. The van der Waals surface area contributed by atoms with E-state index >= 15 is 0 Å². The van der Waals surface area contributed by atoms with E-state index in [0.29, 0.717) is 13.2 Å². The third-order valence-electron chi connectivity index (χ3n) is 7.19. The van der Waals surface area contributed by atoms with Crippen LogP contribution in [0.4, 0.5) is 0 Å². The molecular formula is C32H40N2O4S. The predicted molar refractivity (Wildman–Crippen MR) is 156 cm³/mol. The molecule has 1 N–H and O–H groups in total. The second kappa shape index (κ2) is 12.0. The molecule has 0 unspecified atom stereocenters. The van der Waals surface area contributed by atoms with Gasteiger partial charge >= 0.3 is 0 Å². The van der Waals surface area contributed by atoms with Crippen molar-refractivity contribution >= 4 is 15.9 Å². The Balaban J connectivity index is 1.62. The zero-order valence-electron chi connectivity index (χ0n) is 23.9. The Hall–Kier alpha value is -3.00. The fourth-order valence-electron chi connectivity index (χ4n) is 5.21. The van der Waals surface area contributed by atoms with Crippen LogP contribution in [-0.2, 0) is 45.5 Å². The van der Waals surface area contributed by atoms with Gasteiger partial charge in [0.05, 0.1) is 24.5 Å². The van der Waals surface area contributed by atoms with Gasteiger partial charge in [-0.25, -0.2) is 13.1 Å². The summed E-state index contributed by atoms with van der Waals surface area (Å²) >= 11 is 0. The zero-order chi connectivity index (χ0) is 28.3. The molecule has 1 amide bonds. The molecule has 0 spiro atoms. The van der Waals surface area contributed by atoms with Gasteiger partial charge in [-0.05, 0) is 89.0 Å². The summed E-state index contributed by atoms with van der Waals surface area (Å²) in [5.74, 6) is -0.202. The van der Waals surface area contributed by atoms with E-state index in [-0.39, 0.29) is 23.2 Å². The Labute approximate surface area is 233 Å². The van der Waals surface area contributed by atoms with Gasteiger partial charge in [0.2, 0.25) is 5.91 Å². The number of rotatable bonds is 9. The summed E-state index contributed by atoms with van der Waals surface area (Å²) in [4.78, 5) is 15.3. The fraction of sp³-hybridized carbons (Fsp3) is 0.406. The van der Waals surface area contributed by atoms with Crippen molar-refractivity contribution in [2.24, 2.45) is 0 Å². The quantitative estimate of drug-likeness (QED) is 0.367. The maximum Gasteiger partial charge on any atom is 0.264 e. The number of amides is 1. The number of carbonyl (C=O) groups excluding carboxylic acids is 1. The number of hydrogen-bond donors (Lipinski definition) is 1. The van der Waals surface area contributed by atoms with Crippen molar-refractivity contribution in [3.8, 4) is 11.1 Å². The average Bonchev–Trinajstić information content (AvgIpc) is 2.87. The summed E-state index contributed by atoms with van der Waals surface area (Å²) in [7, 11) is -0.0646. The molecule has 1 aliphatic heterocycles. The smallest absolute Gasteiger partial charge is 0.264 e. The van der Waals surface area contributed by atoms with Crippen molar-refractivity contribution in [2.75, 3.05) is 20.7 Å². The standard InChI is InChI=1S/C32H40N2O4S/c1-21(2)29-16-27(24-9-10-26-20-38-14-13-25(26)15-24)17-30(22(3)4)31(29)18-32(35)33-39(36,37)28-11-7-23(8-12-28)19-34(5)6/h7-12,15-17,21-22H,13-14,18-20H2,1-6H3,(H,33,35). The second-order valence-corrected chi connectivity index (χ2v) is 13.0. The lowest BCUT2D eigenvalue weighted by Crippen LogP contribution is -2.32. The maximum atomic E-state index is 13.2. The lowest BCUT2D eigenvalue weighted by atomic mass is 9.83. The third-order valence-corrected chi connectivity index (χ3v) is 8.58. The lowest BCUT2D eigenvalue weighted by Gasteiger charge is -2.23. The lowest BCUT2D eigenvalue weighted by molar-refractivity contribution is -0.118. The van der Waals surface area contributed by atoms with Gasteiger partial charge in [-0.1, -0.05) is 70.2 Å². The molecule has 7 heteroatoms. The van der Waals surface area contributed by atoms with Crippen molar-refractivity contribution in [1.29, 1.82) is 0 Å². The molecule has 0 fully saturated rings. The first kappa shape index (κ1) is 29.0. The number of benzene rings is 3. The molecule has 0 radical (unpaired) electrons. The van der Waals surface area contributed by atoms with Gasteiger partial charge in [-0.3, -0.25) is 4.79 Å². The van der Waals surface area contributed by atoms with Crippen molar-refractivity contribution in [2.45, 2.75) is 70.4 Å². The fourth-order valence-corrected chi connectivity index (χ4v) is 6.19. The van der Waals surface area contributed by atoms with Crippen LogP contribution in [-0.4, -0.2) is 39.9 Å². The zero-order valence-corrected chi connectivity index (χ0v) is 24.7. The Morgan fingerprint density at radius 3 is 2.13 bits per heavy atom. The van der Waals surface area contributed by atoms with Crippen molar-refractivity contribution in [1.82, 2.24) is 9.62 Å². The first-order valence-corrected chi connectivity index (χ1v) is 15.1.